The van der Waals surface area contributed by atoms with Crippen LogP contribution in [0.15, 0.2) is 113 Å². The number of thioether (sulfide) groups is 1. The number of para-hydroxylation sites is 1. The Labute approximate surface area is 256 Å². The van der Waals surface area contributed by atoms with Gasteiger partial charge in [0.1, 0.15) is 22.2 Å². The van der Waals surface area contributed by atoms with Gasteiger partial charge in [0.05, 0.1) is 29.9 Å². The molecule has 1 aliphatic rings. The average Bonchev–Trinajstić information content (AvgIpc) is 3.00. The Kier molecular flexibility index (Phi) is 8.02. The van der Waals surface area contributed by atoms with Crippen molar-refractivity contribution >= 4 is 50.7 Å². The van der Waals surface area contributed by atoms with Crippen molar-refractivity contribution in [3.8, 4) is 22.8 Å². The maximum atomic E-state index is 14.5. The molecule has 1 aliphatic heterocycles. The number of nitrogens with zero attached hydrogens (tertiary/aromatic N) is 3. The minimum atomic E-state index is -4.14. The Morgan fingerprint density at radius 3 is 2.44 bits per heavy atom. The number of hydrogen-bond acceptors (Lipinski definition) is 7. The monoisotopic (exact) mass is 632 g/mol. The predicted octanol–water partition coefficient (Wildman–Crippen LogP) is 7.17. The second kappa shape index (κ2) is 12.0. The molecule has 0 radical (unpaired) electrons. The number of aromatic nitrogens is 2. The Balaban J connectivity index is 1.18. The molecule has 2 heterocycles. The van der Waals surface area contributed by atoms with Crippen molar-refractivity contribution in [3.05, 3.63) is 120 Å². The molecule has 216 valence electrons. The Hall–Kier alpha value is -4.45. The van der Waals surface area contributed by atoms with E-state index in [1.165, 1.54) is 24.4 Å². The average molecular weight is 633 g/mol. The lowest BCUT2D eigenvalue weighted by Gasteiger charge is -2.31. The number of carbonyl (C=O) groups is 1. The molecule has 5 aromatic rings. The molecular formula is C31H22ClFN4O4S2. The lowest BCUT2D eigenvalue weighted by molar-refractivity contribution is -0.113. The van der Waals surface area contributed by atoms with Crippen molar-refractivity contribution in [2.45, 2.75) is 16.6 Å². The fraction of sp³-hybridized carbons (Fsp3) is 0.0645. The van der Waals surface area contributed by atoms with E-state index in [1.807, 2.05) is 30.3 Å². The highest BCUT2D eigenvalue weighted by Crippen LogP contribution is 2.44. The first-order chi connectivity index (χ1) is 20.8. The molecule has 12 heteroatoms. The van der Waals surface area contributed by atoms with Crippen LogP contribution in [0.5, 0.6) is 11.5 Å². The van der Waals surface area contributed by atoms with Crippen LogP contribution in [0.4, 0.5) is 15.8 Å². The maximum absolute atomic E-state index is 14.5. The molecule has 0 atom stereocenters. The van der Waals surface area contributed by atoms with Crippen LogP contribution in [-0.4, -0.2) is 30.0 Å². The van der Waals surface area contributed by atoms with Crippen LogP contribution in [0.3, 0.4) is 0 Å². The zero-order valence-corrected chi connectivity index (χ0v) is 24.7. The quantitative estimate of drug-likeness (QED) is 0.143. The van der Waals surface area contributed by atoms with Crippen LogP contribution < -0.4 is 14.4 Å². The minimum Gasteiger partial charge on any atom is -0.457 e. The molecule has 1 amide bonds. The summed E-state index contributed by atoms with van der Waals surface area (Å²) in [6, 6.07) is 27.1. The third-order valence-corrected chi connectivity index (χ3v) is 9.36. The molecule has 8 nitrogen and oxygen atoms in total. The van der Waals surface area contributed by atoms with Crippen molar-refractivity contribution in [1.82, 2.24) is 9.97 Å². The van der Waals surface area contributed by atoms with Gasteiger partial charge in [0.15, 0.2) is 5.16 Å². The summed E-state index contributed by atoms with van der Waals surface area (Å²) in [7, 11) is -4.14. The van der Waals surface area contributed by atoms with E-state index >= 15 is 0 Å². The molecule has 43 heavy (non-hydrogen) atoms. The number of ether oxygens (including phenoxy) is 1. The van der Waals surface area contributed by atoms with E-state index in [4.69, 9.17) is 16.3 Å². The summed E-state index contributed by atoms with van der Waals surface area (Å²) < 4.78 is 48.7. The molecule has 0 saturated carbocycles. The number of benzene rings is 4. The number of hydrogen-bond donors (Lipinski definition) is 1. The topological polar surface area (TPSA) is 101 Å². The molecule has 6 rings (SSSR count). The number of halogens is 2. The summed E-state index contributed by atoms with van der Waals surface area (Å²) >= 11 is 7.34. The largest absolute Gasteiger partial charge is 0.457 e. The maximum Gasteiger partial charge on any atom is 0.268 e. The van der Waals surface area contributed by atoms with E-state index in [0.717, 1.165) is 16.1 Å². The van der Waals surface area contributed by atoms with Gasteiger partial charge in [-0.3, -0.25) is 9.10 Å². The van der Waals surface area contributed by atoms with Gasteiger partial charge in [-0.1, -0.05) is 59.8 Å². The Morgan fingerprint density at radius 1 is 0.953 bits per heavy atom. The van der Waals surface area contributed by atoms with Crippen LogP contribution in [0.25, 0.3) is 11.3 Å². The van der Waals surface area contributed by atoms with Crippen molar-refractivity contribution in [2.24, 2.45) is 0 Å². The van der Waals surface area contributed by atoms with Crippen LogP contribution >= 0.6 is 23.4 Å². The molecule has 1 aromatic heterocycles. The Morgan fingerprint density at radius 2 is 1.67 bits per heavy atom. The number of rotatable bonds is 8. The van der Waals surface area contributed by atoms with Crippen molar-refractivity contribution < 1.29 is 22.3 Å². The highest BCUT2D eigenvalue weighted by Gasteiger charge is 2.37. The van der Waals surface area contributed by atoms with Gasteiger partial charge in [0.2, 0.25) is 5.91 Å². The molecule has 0 saturated heterocycles. The van der Waals surface area contributed by atoms with Crippen LogP contribution in [0, 0.1) is 5.82 Å². The van der Waals surface area contributed by atoms with E-state index in [1.54, 1.807) is 48.5 Å². The molecule has 0 spiro atoms. The number of carbonyl (C=O) groups excluding carboxylic acids is 1. The van der Waals surface area contributed by atoms with E-state index < -0.39 is 15.8 Å². The molecule has 4 aromatic carbocycles. The van der Waals surface area contributed by atoms with Gasteiger partial charge < -0.3 is 10.1 Å². The SMILES string of the molecule is O=C(CSc1ncc2c(n1)-c1cc(Cl)ccc1N(Cc1ccccc1F)S2(=O)=O)Nc1ccc(Oc2ccccc2)cc1. The molecule has 0 fully saturated rings. The molecule has 0 aliphatic carbocycles. The number of amides is 1. The summed E-state index contributed by atoms with van der Waals surface area (Å²) in [5, 5.41) is 3.40. The zero-order chi connectivity index (χ0) is 30.0. The number of fused-ring (bicyclic) bond motifs is 3. The van der Waals surface area contributed by atoms with Crippen LogP contribution in [0.1, 0.15) is 5.56 Å². The highest BCUT2D eigenvalue weighted by atomic mass is 35.5. The summed E-state index contributed by atoms with van der Waals surface area (Å²) in [4.78, 5) is 21.2. The molecule has 0 unspecified atom stereocenters. The third kappa shape index (κ3) is 6.19. The fourth-order valence-electron chi connectivity index (χ4n) is 4.48. The predicted molar refractivity (Wildman–Crippen MR) is 165 cm³/mol. The zero-order valence-electron chi connectivity index (χ0n) is 22.3. The molecule has 0 bridgehead atoms. The van der Waals surface area contributed by atoms with Gasteiger partial charge in [0.25, 0.3) is 10.0 Å². The van der Waals surface area contributed by atoms with Crippen molar-refractivity contribution in [1.29, 1.82) is 0 Å². The van der Waals surface area contributed by atoms with E-state index in [0.29, 0.717) is 33.5 Å². The van der Waals surface area contributed by atoms with E-state index in [-0.39, 0.29) is 39.5 Å². The van der Waals surface area contributed by atoms with Gasteiger partial charge in [-0.15, -0.1) is 0 Å². The van der Waals surface area contributed by atoms with Gasteiger partial charge in [-0.05, 0) is 60.7 Å². The van der Waals surface area contributed by atoms with Gasteiger partial charge in [0, 0.05) is 21.8 Å². The normalized spacial score (nSPS) is 13.1. The van der Waals surface area contributed by atoms with E-state index in [9.17, 15) is 17.6 Å². The van der Waals surface area contributed by atoms with Gasteiger partial charge >= 0.3 is 0 Å². The summed E-state index contributed by atoms with van der Waals surface area (Å²) in [6.45, 7) is -0.223. The van der Waals surface area contributed by atoms with Crippen molar-refractivity contribution in [2.75, 3.05) is 15.4 Å². The first-order valence-corrected chi connectivity index (χ1v) is 15.8. The highest BCUT2D eigenvalue weighted by molar-refractivity contribution is 7.99. The first-order valence-electron chi connectivity index (χ1n) is 13.0. The van der Waals surface area contributed by atoms with E-state index in [2.05, 4.69) is 15.3 Å². The molecular weight excluding hydrogens is 611 g/mol. The smallest absolute Gasteiger partial charge is 0.268 e. The van der Waals surface area contributed by atoms with Crippen LogP contribution in [0.2, 0.25) is 5.02 Å². The standard InChI is InChI=1S/C31H22ClFN4O4S2/c32-21-10-15-27-25(16-21)30-28(43(39,40)37(27)18-20-6-4-5-9-26(20)33)17-34-31(36-30)42-19-29(38)35-22-11-13-24(14-12-22)41-23-7-2-1-3-8-23/h1-17H,18-19H2,(H,35,38). The Bertz CT molecular complexity index is 1930. The summed E-state index contributed by atoms with van der Waals surface area (Å²) in [5.74, 6) is 0.502. The fourth-order valence-corrected chi connectivity index (χ4v) is 6.82. The van der Waals surface area contributed by atoms with Gasteiger partial charge in [-0.25, -0.2) is 22.8 Å². The summed E-state index contributed by atoms with van der Waals surface area (Å²) in [6.07, 6.45) is 1.21. The summed E-state index contributed by atoms with van der Waals surface area (Å²) in [5.41, 5.74) is 1.73. The minimum absolute atomic E-state index is 0.0182. The number of anilines is 2. The number of nitrogens with one attached hydrogen (secondary N) is 1. The number of sulfonamides is 1. The van der Waals surface area contributed by atoms with Crippen molar-refractivity contribution in [3.63, 3.8) is 0 Å². The second-order valence-electron chi connectivity index (χ2n) is 9.41. The second-order valence-corrected chi connectivity index (χ2v) is 12.6. The molecule has 1 N–H and O–H groups in total. The first kappa shape index (κ1) is 28.7. The van der Waals surface area contributed by atoms with Crippen LogP contribution in [-0.2, 0) is 21.4 Å². The third-order valence-electron chi connectivity index (χ3n) is 6.50. The lowest BCUT2D eigenvalue weighted by Crippen LogP contribution is -2.34. The lowest BCUT2D eigenvalue weighted by atomic mass is 10.1. The van der Waals surface area contributed by atoms with Gasteiger partial charge in [-0.2, -0.15) is 0 Å².